The average Bonchev–Trinajstić information content (AvgIpc) is 2.92. The Bertz CT molecular complexity index is 377. The Kier molecular flexibility index (Phi) is 5.81. The number of nitrogens with zero attached hydrogens (tertiary/aromatic N) is 1. The molecule has 21 heavy (non-hydrogen) atoms. The van der Waals surface area contributed by atoms with Crippen LogP contribution in [0.25, 0.3) is 0 Å². The summed E-state index contributed by atoms with van der Waals surface area (Å²) in [5.74, 6) is -0.419. The van der Waals surface area contributed by atoms with E-state index in [0.717, 1.165) is 19.5 Å². The molecule has 2 aliphatic heterocycles. The number of likely N-dealkylation sites (tertiary alicyclic amines) is 1. The Labute approximate surface area is 125 Å². The van der Waals surface area contributed by atoms with E-state index in [4.69, 9.17) is 9.84 Å². The summed E-state index contributed by atoms with van der Waals surface area (Å²) in [4.78, 5) is 24.8. The van der Waals surface area contributed by atoms with Crippen LogP contribution in [0.4, 0.5) is 4.79 Å². The number of carbonyl (C=O) groups is 2. The third-order valence-corrected chi connectivity index (χ3v) is 4.15. The van der Waals surface area contributed by atoms with Gasteiger partial charge in [-0.25, -0.2) is 9.59 Å². The van der Waals surface area contributed by atoms with E-state index >= 15 is 0 Å². The number of carboxylic acid groups (broad SMARTS) is 1. The number of nitrogens with one attached hydrogen (secondary N) is 2. The van der Waals surface area contributed by atoms with Crippen molar-refractivity contribution in [3.05, 3.63) is 0 Å². The highest BCUT2D eigenvalue weighted by Crippen LogP contribution is 2.19. The topological polar surface area (TPSA) is 90.9 Å². The first-order chi connectivity index (χ1) is 10.0. The second kappa shape index (κ2) is 7.61. The van der Waals surface area contributed by atoms with Gasteiger partial charge in [0, 0.05) is 19.6 Å². The summed E-state index contributed by atoms with van der Waals surface area (Å²) in [5.41, 5.74) is 0. The molecule has 2 saturated heterocycles. The maximum absolute atomic E-state index is 11.7. The summed E-state index contributed by atoms with van der Waals surface area (Å²) < 4.78 is 5.33. The Morgan fingerprint density at radius 2 is 2.00 bits per heavy atom. The highest BCUT2D eigenvalue weighted by atomic mass is 16.5. The van der Waals surface area contributed by atoms with Crippen molar-refractivity contribution >= 4 is 12.0 Å². The zero-order valence-electron chi connectivity index (χ0n) is 12.5. The second-order valence-corrected chi connectivity index (χ2v) is 6.02. The van der Waals surface area contributed by atoms with Gasteiger partial charge in [0.05, 0.1) is 6.10 Å². The quantitative estimate of drug-likeness (QED) is 0.677. The van der Waals surface area contributed by atoms with Crippen molar-refractivity contribution in [1.82, 2.24) is 15.5 Å². The van der Waals surface area contributed by atoms with Gasteiger partial charge in [0.2, 0.25) is 0 Å². The molecule has 0 radical (unpaired) electrons. The van der Waals surface area contributed by atoms with Crippen LogP contribution in [0.3, 0.4) is 0 Å². The molecule has 0 aromatic rings. The molecule has 0 aliphatic carbocycles. The molecular formula is C14H25N3O4. The van der Waals surface area contributed by atoms with E-state index in [1.165, 1.54) is 6.42 Å². The van der Waals surface area contributed by atoms with Gasteiger partial charge in [-0.1, -0.05) is 0 Å². The summed E-state index contributed by atoms with van der Waals surface area (Å²) >= 11 is 0. The van der Waals surface area contributed by atoms with Gasteiger partial charge in [0.15, 0.2) is 6.10 Å². The second-order valence-electron chi connectivity index (χ2n) is 6.02. The van der Waals surface area contributed by atoms with Gasteiger partial charge in [0.1, 0.15) is 0 Å². The number of ether oxygens (including phenoxy) is 1. The predicted octanol–water partition coefficient (Wildman–Crippen LogP) is 0.260. The molecule has 120 valence electrons. The van der Waals surface area contributed by atoms with Crippen molar-refractivity contribution < 1.29 is 19.4 Å². The third-order valence-electron chi connectivity index (χ3n) is 4.15. The van der Waals surface area contributed by atoms with Crippen LogP contribution in [0.15, 0.2) is 0 Å². The summed E-state index contributed by atoms with van der Waals surface area (Å²) in [7, 11) is 2.10. The number of urea groups is 1. The number of amides is 2. The first-order valence-corrected chi connectivity index (χ1v) is 7.63. The highest BCUT2D eigenvalue weighted by Gasteiger charge is 2.30. The molecule has 0 bridgehead atoms. The van der Waals surface area contributed by atoms with E-state index in [0.29, 0.717) is 31.8 Å². The molecular weight excluding hydrogens is 274 g/mol. The van der Waals surface area contributed by atoms with E-state index < -0.39 is 12.1 Å². The summed E-state index contributed by atoms with van der Waals surface area (Å²) in [5, 5.41) is 14.5. The normalized spacial score (nSPS) is 30.0. The number of piperidine rings is 1. The van der Waals surface area contributed by atoms with Gasteiger partial charge in [0.25, 0.3) is 0 Å². The molecule has 2 amide bonds. The summed E-state index contributed by atoms with van der Waals surface area (Å²) in [6.45, 7) is 3.19. The summed E-state index contributed by atoms with van der Waals surface area (Å²) in [6, 6.07) is -0.203. The molecule has 7 heteroatoms. The van der Waals surface area contributed by atoms with Crippen LogP contribution in [0.5, 0.6) is 0 Å². The lowest BCUT2D eigenvalue weighted by Crippen LogP contribution is -2.44. The van der Waals surface area contributed by atoms with Crippen LogP contribution in [-0.2, 0) is 9.53 Å². The Morgan fingerprint density at radius 1 is 1.24 bits per heavy atom. The molecule has 0 spiro atoms. The van der Waals surface area contributed by atoms with Crippen LogP contribution in [0.1, 0.15) is 25.7 Å². The largest absolute Gasteiger partial charge is 0.479 e. The summed E-state index contributed by atoms with van der Waals surface area (Å²) in [6.07, 6.45) is 2.59. The predicted molar refractivity (Wildman–Crippen MR) is 77.2 cm³/mol. The van der Waals surface area contributed by atoms with Crippen molar-refractivity contribution in [2.75, 3.05) is 33.2 Å². The van der Waals surface area contributed by atoms with Gasteiger partial charge in [-0.05, 0) is 45.2 Å². The van der Waals surface area contributed by atoms with Crippen molar-refractivity contribution in [3.8, 4) is 0 Å². The maximum atomic E-state index is 11.7. The number of aliphatic carboxylic acids is 1. The van der Waals surface area contributed by atoms with Crippen molar-refractivity contribution in [2.24, 2.45) is 5.92 Å². The first kappa shape index (κ1) is 16.0. The smallest absolute Gasteiger partial charge is 0.332 e. The lowest BCUT2D eigenvalue weighted by atomic mass is 9.99. The minimum atomic E-state index is -0.927. The van der Waals surface area contributed by atoms with Gasteiger partial charge in [-0.15, -0.1) is 0 Å². The van der Waals surface area contributed by atoms with E-state index in [2.05, 4.69) is 22.6 Å². The van der Waals surface area contributed by atoms with Crippen LogP contribution >= 0.6 is 0 Å². The van der Waals surface area contributed by atoms with Crippen LogP contribution in [-0.4, -0.2) is 67.4 Å². The number of carbonyl (C=O) groups excluding carboxylic acids is 1. The fourth-order valence-electron chi connectivity index (χ4n) is 2.98. The number of hydrogen-bond donors (Lipinski definition) is 3. The van der Waals surface area contributed by atoms with Crippen molar-refractivity contribution in [3.63, 3.8) is 0 Å². The molecule has 7 nitrogen and oxygen atoms in total. The van der Waals surface area contributed by atoms with Crippen LogP contribution < -0.4 is 10.6 Å². The molecule has 0 aromatic heterocycles. The van der Waals surface area contributed by atoms with E-state index in [-0.39, 0.29) is 12.1 Å². The highest BCUT2D eigenvalue weighted by molar-refractivity contribution is 5.74. The maximum Gasteiger partial charge on any atom is 0.332 e. The minimum Gasteiger partial charge on any atom is -0.479 e. The molecule has 3 unspecified atom stereocenters. The SMILES string of the molecule is CN1CCCC(CNC(=O)NCC2CCC(C(=O)O)O2)C1. The Hall–Kier alpha value is -1.34. The van der Waals surface area contributed by atoms with Gasteiger partial charge in [-0.3, -0.25) is 0 Å². The molecule has 2 heterocycles. The average molecular weight is 299 g/mol. The third kappa shape index (κ3) is 5.17. The van der Waals surface area contributed by atoms with Crippen LogP contribution in [0, 0.1) is 5.92 Å². The van der Waals surface area contributed by atoms with Crippen LogP contribution in [0.2, 0.25) is 0 Å². The fourth-order valence-corrected chi connectivity index (χ4v) is 2.98. The fraction of sp³-hybridized carbons (Fsp3) is 0.857. The lowest BCUT2D eigenvalue weighted by molar-refractivity contribution is -0.149. The zero-order chi connectivity index (χ0) is 15.2. The molecule has 2 rings (SSSR count). The van der Waals surface area contributed by atoms with Gasteiger partial charge >= 0.3 is 12.0 Å². The Balaban J connectivity index is 1.58. The molecule has 0 saturated carbocycles. The molecule has 2 fully saturated rings. The number of rotatable bonds is 5. The lowest BCUT2D eigenvalue weighted by Gasteiger charge is -2.29. The molecule has 0 aromatic carbocycles. The molecule has 3 atom stereocenters. The minimum absolute atomic E-state index is 0.197. The van der Waals surface area contributed by atoms with E-state index in [1.54, 1.807) is 0 Å². The van der Waals surface area contributed by atoms with Crippen molar-refractivity contribution in [1.29, 1.82) is 0 Å². The number of hydrogen-bond acceptors (Lipinski definition) is 4. The van der Waals surface area contributed by atoms with Crippen molar-refractivity contribution in [2.45, 2.75) is 37.9 Å². The van der Waals surface area contributed by atoms with Gasteiger partial charge < -0.3 is 25.4 Å². The molecule has 2 aliphatic rings. The van der Waals surface area contributed by atoms with E-state index in [1.807, 2.05) is 0 Å². The molecule has 3 N–H and O–H groups in total. The monoisotopic (exact) mass is 299 g/mol. The Morgan fingerprint density at radius 3 is 2.67 bits per heavy atom. The first-order valence-electron chi connectivity index (χ1n) is 7.63. The zero-order valence-corrected chi connectivity index (χ0v) is 12.5. The number of carboxylic acids is 1. The van der Waals surface area contributed by atoms with Gasteiger partial charge in [-0.2, -0.15) is 0 Å². The van der Waals surface area contributed by atoms with E-state index in [9.17, 15) is 9.59 Å². The standard InChI is InChI=1S/C14H25N3O4/c1-17-6-2-3-10(9-17)7-15-14(20)16-8-11-4-5-12(21-11)13(18)19/h10-12H,2-9H2,1H3,(H,18,19)(H2,15,16,20).